The zero-order chi connectivity index (χ0) is 17.5. The van der Waals surface area contributed by atoms with Crippen molar-refractivity contribution in [3.8, 4) is 5.75 Å². The maximum Gasteiger partial charge on any atom is 0.190 e. The first-order valence-electron chi connectivity index (χ1n) is 9.67. The van der Waals surface area contributed by atoms with Crippen LogP contribution < -0.4 is 4.74 Å². The number of ether oxygens (including phenoxy) is 1. The van der Waals surface area contributed by atoms with E-state index in [2.05, 4.69) is 69.5 Å². The molecule has 0 unspecified atom stereocenters. The molecule has 0 aromatic heterocycles. The summed E-state index contributed by atoms with van der Waals surface area (Å²) < 4.78 is 7.62. The van der Waals surface area contributed by atoms with Crippen LogP contribution in [0, 0.1) is 5.92 Å². The van der Waals surface area contributed by atoms with Gasteiger partial charge in [0.2, 0.25) is 0 Å². The minimum atomic E-state index is 0.0650. The maximum atomic E-state index is 6.52. The molecule has 0 bridgehead atoms. The van der Waals surface area contributed by atoms with Crippen LogP contribution in [-0.4, -0.2) is 16.9 Å². The van der Waals surface area contributed by atoms with Crippen molar-refractivity contribution in [3.05, 3.63) is 64.1 Å². The first-order valence-corrected chi connectivity index (χ1v) is 10.5. The second-order valence-corrected chi connectivity index (χ2v) is 8.52. The highest BCUT2D eigenvalue weighted by Crippen LogP contribution is 2.47. The highest BCUT2D eigenvalue weighted by Gasteiger charge is 2.43. The van der Waals surface area contributed by atoms with Crippen LogP contribution in [0.2, 0.25) is 0 Å². The Morgan fingerprint density at radius 3 is 2.62 bits per heavy atom. The molecule has 0 spiro atoms. The van der Waals surface area contributed by atoms with Gasteiger partial charge in [-0.05, 0) is 36.6 Å². The maximum absolute atomic E-state index is 6.52. The zero-order valence-electron chi connectivity index (χ0n) is 14.8. The minimum absolute atomic E-state index is 0.0650. The van der Waals surface area contributed by atoms with Gasteiger partial charge in [-0.15, -0.1) is 0 Å². The summed E-state index contributed by atoms with van der Waals surface area (Å²) in [7, 11) is 0. The number of rotatable bonds is 2. The second-order valence-electron chi connectivity index (χ2n) is 7.60. The van der Waals surface area contributed by atoms with Crippen LogP contribution in [0.3, 0.4) is 0 Å². The van der Waals surface area contributed by atoms with Gasteiger partial charge in [0.15, 0.2) is 6.23 Å². The van der Waals surface area contributed by atoms with E-state index >= 15 is 0 Å². The van der Waals surface area contributed by atoms with Gasteiger partial charge in [0, 0.05) is 22.4 Å². The van der Waals surface area contributed by atoms with Crippen molar-refractivity contribution in [2.24, 2.45) is 11.0 Å². The summed E-state index contributed by atoms with van der Waals surface area (Å²) in [5.41, 5.74) is 3.65. The van der Waals surface area contributed by atoms with E-state index < -0.39 is 0 Å². The van der Waals surface area contributed by atoms with Crippen LogP contribution in [0.1, 0.15) is 55.7 Å². The van der Waals surface area contributed by atoms with Crippen molar-refractivity contribution in [2.75, 3.05) is 0 Å². The van der Waals surface area contributed by atoms with Gasteiger partial charge in [-0.1, -0.05) is 65.5 Å². The van der Waals surface area contributed by atoms with E-state index in [4.69, 9.17) is 9.84 Å². The molecular weight excluding hydrogens is 388 g/mol. The molecule has 4 heteroatoms. The molecule has 3 nitrogen and oxygen atoms in total. The van der Waals surface area contributed by atoms with Crippen LogP contribution in [0.25, 0.3) is 0 Å². The normalized spacial score (nSPS) is 25.3. The molecule has 2 heterocycles. The number of hydrogen-bond acceptors (Lipinski definition) is 3. The van der Waals surface area contributed by atoms with Crippen molar-refractivity contribution in [2.45, 2.75) is 50.8 Å². The van der Waals surface area contributed by atoms with Gasteiger partial charge in [-0.3, -0.25) is 0 Å². The lowest BCUT2D eigenvalue weighted by atomic mass is 9.86. The van der Waals surface area contributed by atoms with Gasteiger partial charge < -0.3 is 4.74 Å². The third kappa shape index (κ3) is 2.84. The van der Waals surface area contributed by atoms with Crippen LogP contribution in [0.4, 0.5) is 0 Å². The van der Waals surface area contributed by atoms with E-state index in [1.54, 1.807) is 0 Å². The number of hydrazone groups is 1. The van der Waals surface area contributed by atoms with Gasteiger partial charge in [-0.25, -0.2) is 5.01 Å². The molecule has 2 atom stereocenters. The van der Waals surface area contributed by atoms with E-state index in [1.165, 1.54) is 48.9 Å². The molecule has 3 aliphatic rings. The van der Waals surface area contributed by atoms with Crippen LogP contribution in [0.15, 0.2) is 58.1 Å². The highest BCUT2D eigenvalue weighted by molar-refractivity contribution is 9.10. The Morgan fingerprint density at radius 2 is 1.81 bits per heavy atom. The van der Waals surface area contributed by atoms with Gasteiger partial charge in [-0.2, -0.15) is 5.10 Å². The molecule has 1 saturated carbocycles. The first kappa shape index (κ1) is 16.4. The van der Waals surface area contributed by atoms with E-state index in [0.717, 1.165) is 16.6 Å². The number of fused-ring (bicyclic) bond motifs is 3. The molecule has 0 amide bonds. The van der Waals surface area contributed by atoms with Crippen LogP contribution in [0.5, 0.6) is 5.75 Å². The molecule has 0 N–H and O–H groups in total. The van der Waals surface area contributed by atoms with Crippen molar-refractivity contribution in [1.29, 1.82) is 0 Å². The summed E-state index contributed by atoms with van der Waals surface area (Å²) in [6, 6.07) is 17.3. The fraction of sp³-hybridized carbons (Fsp3) is 0.409. The van der Waals surface area contributed by atoms with Crippen molar-refractivity contribution in [3.63, 3.8) is 0 Å². The van der Waals surface area contributed by atoms with Gasteiger partial charge >= 0.3 is 0 Å². The number of benzene rings is 2. The largest absolute Gasteiger partial charge is 0.468 e. The molecule has 134 valence electrons. The third-order valence-corrected chi connectivity index (χ3v) is 6.43. The molecule has 0 saturated heterocycles. The van der Waals surface area contributed by atoms with E-state index in [0.29, 0.717) is 5.92 Å². The SMILES string of the molecule is Brc1ccc2c(c1)[C@H]1CC(c3ccccc3)=NN1[C@@H](C1CCCCC1)O2. The van der Waals surface area contributed by atoms with Gasteiger partial charge in [0.1, 0.15) is 5.75 Å². The van der Waals surface area contributed by atoms with Gasteiger partial charge in [0.05, 0.1) is 11.8 Å². The smallest absolute Gasteiger partial charge is 0.190 e. The molecule has 0 radical (unpaired) electrons. The zero-order valence-corrected chi connectivity index (χ0v) is 16.4. The third-order valence-electron chi connectivity index (χ3n) is 5.94. The fourth-order valence-electron chi connectivity index (χ4n) is 4.62. The molecule has 1 aliphatic carbocycles. The quantitative estimate of drug-likeness (QED) is 0.615. The predicted octanol–water partition coefficient (Wildman–Crippen LogP) is 5.90. The lowest BCUT2D eigenvalue weighted by Crippen LogP contribution is -2.45. The molecule has 26 heavy (non-hydrogen) atoms. The van der Waals surface area contributed by atoms with Crippen molar-refractivity contribution >= 4 is 21.6 Å². The Balaban J connectivity index is 1.54. The summed E-state index contributed by atoms with van der Waals surface area (Å²) in [6.07, 6.45) is 7.48. The standard InChI is InChI=1S/C22H23BrN2O/c23-17-11-12-21-18(13-17)20-14-19(15-7-3-1-4-8-15)24-25(20)22(26-21)16-9-5-2-6-10-16/h1,3-4,7-8,11-13,16,20,22H,2,5-6,9-10,14H2/t20-,22-/m1/s1. The summed E-state index contributed by atoms with van der Waals surface area (Å²) in [6.45, 7) is 0. The lowest BCUT2D eigenvalue weighted by molar-refractivity contribution is -0.0644. The monoisotopic (exact) mass is 410 g/mol. The summed E-state index contributed by atoms with van der Waals surface area (Å²) in [5.74, 6) is 1.61. The molecule has 2 aromatic carbocycles. The number of nitrogens with zero attached hydrogens (tertiary/aromatic N) is 2. The molecular formula is C22H23BrN2O. The lowest BCUT2D eigenvalue weighted by Gasteiger charge is -2.42. The Bertz CT molecular complexity index is 829. The summed E-state index contributed by atoms with van der Waals surface area (Å²) in [4.78, 5) is 0. The van der Waals surface area contributed by atoms with Crippen molar-refractivity contribution < 1.29 is 4.74 Å². The van der Waals surface area contributed by atoms with Crippen LogP contribution >= 0.6 is 15.9 Å². The van der Waals surface area contributed by atoms with E-state index in [-0.39, 0.29) is 12.3 Å². The Labute approximate surface area is 163 Å². The Kier molecular flexibility index (Phi) is 4.24. The number of hydrogen-bond donors (Lipinski definition) is 0. The fourth-order valence-corrected chi connectivity index (χ4v) is 5.00. The Morgan fingerprint density at radius 1 is 1.00 bits per heavy atom. The summed E-state index contributed by atoms with van der Waals surface area (Å²) in [5, 5.41) is 7.35. The average Bonchev–Trinajstić information content (AvgIpc) is 3.15. The topological polar surface area (TPSA) is 24.8 Å². The molecule has 2 aromatic rings. The predicted molar refractivity (Wildman–Crippen MR) is 107 cm³/mol. The second kappa shape index (κ2) is 6.73. The molecule has 5 rings (SSSR count). The van der Waals surface area contributed by atoms with E-state index in [9.17, 15) is 0 Å². The Hall–Kier alpha value is -1.81. The first-order chi connectivity index (χ1) is 12.8. The molecule has 1 fully saturated rings. The molecule has 2 aliphatic heterocycles. The summed E-state index contributed by atoms with van der Waals surface area (Å²) >= 11 is 3.63. The average molecular weight is 411 g/mol. The van der Waals surface area contributed by atoms with Crippen molar-refractivity contribution in [1.82, 2.24) is 5.01 Å². The minimum Gasteiger partial charge on any atom is -0.468 e. The van der Waals surface area contributed by atoms with Crippen LogP contribution in [-0.2, 0) is 0 Å². The highest BCUT2D eigenvalue weighted by atomic mass is 79.9. The van der Waals surface area contributed by atoms with E-state index in [1.807, 2.05) is 0 Å². The van der Waals surface area contributed by atoms with Gasteiger partial charge in [0.25, 0.3) is 0 Å². The number of halogens is 1.